The topological polar surface area (TPSA) is 45.2 Å². The van der Waals surface area contributed by atoms with Crippen LogP contribution in [0.15, 0.2) is 48.7 Å². The van der Waals surface area contributed by atoms with E-state index in [0.29, 0.717) is 10.0 Å². The Morgan fingerprint density at radius 1 is 1.07 bits per heavy atom. The van der Waals surface area contributed by atoms with Crippen LogP contribution in [0.5, 0.6) is 0 Å². The van der Waals surface area contributed by atoms with Crippen LogP contribution >= 0.6 is 23.2 Å². The zero-order valence-corrected chi connectivity index (χ0v) is 17.1. The molecule has 1 fully saturated rings. The first-order chi connectivity index (χ1) is 13.5. The van der Waals surface area contributed by atoms with E-state index in [1.54, 1.807) is 6.20 Å². The molecule has 1 aliphatic heterocycles. The number of anilines is 2. The number of carbonyl (C=O) groups is 1. The average Bonchev–Trinajstić information content (AvgIpc) is 2.71. The highest BCUT2D eigenvalue weighted by Gasteiger charge is 2.25. The Labute approximate surface area is 174 Å². The number of pyridine rings is 1. The maximum Gasteiger partial charge on any atom is 0.227 e. The molecule has 3 aromatic rings. The summed E-state index contributed by atoms with van der Waals surface area (Å²) in [6, 6.07) is 13.6. The van der Waals surface area contributed by atoms with Gasteiger partial charge in [0, 0.05) is 53.0 Å². The van der Waals surface area contributed by atoms with Crippen molar-refractivity contribution in [2.75, 3.05) is 23.3 Å². The van der Waals surface area contributed by atoms with E-state index in [-0.39, 0.29) is 11.8 Å². The van der Waals surface area contributed by atoms with Gasteiger partial charge >= 0.3 is 0 Å². The van der Waals surface area contributed by atoms with Crippen molar-refractivity contribution in [3.05, 3.63) is 64.4 Å². The van der Waals surface area contributed by atoms with E-state index >= 15 is 0 Å². The summed E-state index contributed by atoms with van der Waals surface area (Å²) in [4.78, 5) is 19.4. The highest BCUT2D eigenvalue weighted by molar-refractivity contribution is 6.42. The molecule has 0 spiro atoms. The molecule has 1 amide bonds. The first-order valence-corrected chi connectivity index (χ1v) is 10.1. The van der Waals surface area contributed by atoms with Gasteiger partial charge in [0.2, 0.25) is 5.91 Å². The molecule has 1 N–H and O–H groups in total. The van der Waals surface area contributed by atoms with Crippen molar-refractivity contribution < 1.29 is 4.79 Å². The standard InChI is InChI=1S/C22H21Cl2N3O/c1-14-17-3-2-4-21(18(17)7-10-25-14)26-22(28)15-8-11-27(12-9-15)16-5-6-19(23)20(24)13-16/h2-7,10,13,15H,8-9,11-12H2,1H3,(H,26,28). The SMILES string of the molecule is Cc1nccc2c(NC(=O)C3CCN(c4ccc(Cl)c(Cl)c4)CC3)cccc12. The monoisotopic (exact) mass is 413 g/mol. The summed E-state index contributed by atoms with van der Waals surface area (Å²) in [5, 5.41) is 6.33. The fourth-order valence-electron chi connectivity index (χ4n) is 3.78. The second-order valence-corrected chi connectivity index (χ2v) is 7.96. The predicted molar refractivity (Wildman–Crippen MR) is 117 cm³/mol. The van der Waals surface area contributed by atoms with Gasteiger partial charge in [0.1, 0.15) is 0 Å². The lowest BCUT2D eigenvalue weighted by atomic mass is 9.95. The van der Waals surface area contributed by atoms with Crippen LogP contribution < -0.4 is 10.2 Å². The van der Waals surface area contributed by atoms with E-state index in [0.717, 1.165) is 53.8 Å². The molecule has 144 valence electrons. The number of hydrogen-bond donors (Lipinski definition) is 1. The summed E-state index contributed by atoms with van der Waals surface area (Å²) in [6.07, 6.45) is 3.39. The second-order valence-electron chi connectivity index (χ2n) is 7.15. The Morgan fingerprint density at radius 2 is 1.86 bits per heavy atom. The van der Waals surface area contributed by atoms with Crippen molar-refractivity contribution in [3.8, 4) is 0 Å². The molecule has 1 aromatic heterocycles. The molecule has 1 saturated heterocycles. The van der Waals surface area contributed by atoms with Gasteiger partial charge in [-0.25, -0.2) is 0 Å². The number of carbonyl (C=O) groups excluding carboxylic acids is 1. The van der Waals surface area contributed by atoms with E-state index in [4.69, 9.17) is 23.2 Å². The molecule has 0 saturated carbocycles. The molecule has 2 heterocycles. The van der Waals surface area contributed by atoms with Crippen LogP contribution in [0.3, 0.4) is 0 Å². The normalized spacial score (nSPS) is 15.0. The Balaban J connectivity index is 1.43. The highest BCUT2D eigenvalue weighted by Crippen LogP contribution is 2.31. The molecule has 0 bridgehead atoms. The van der Waals surface area contributed by atoms with Gasteiger partial charge in [0.05, 0.1) is 10.0 Å². The lowest BCUT2D eigenvalue weighted by Gasteiger charge is -2.33. The Bertz CT molecular complexity index is 1030. The van der Waals surface area contributed by atoms with Crippen LogP contribution in [0.25, 0.3) is 10.8 Å². The van der Waals surface area contributed by atoms with E-state index in [1.807, 2.05) is 49.4 Å². The van der Waals surface area contributed by atoms with Crippen molar-refractivity contribution >= 4 is 51.3 Å². The Morgan fingerprint density at radius 3 is 2.61 bits per heavy atom. The number of benzene rings is 2. The second kappa shape index (κ2) is 7.98. The Kier molecular flexibility index (Phi) is 5.42. The van der Waals surface area contributed by atoms with Crippen LogP contribution in [-0.4, -0.2) is 24.0 Å². The van der Waals surface area contributed by atoms with E-state index in [9.17, 15) is 4.79 Å². The van der Waals surface area contributed by atoms with Gasteiger partial charge in [-0.15, -0.1) is 0 Å². The summed E-state index contributed by atoms with van der Waals surface area (Å²) in [7, 11) is 0. The number of rotatable bonds is 3. The minimum absolute atomic E-state index is 0.00258. The molecule has 0 unspecified atom stereocenters. The van der Waals surface area contributed by atoms with Crippen LogP contribution in [-0.2, 0) is 4.79 Å². The van der Waals surface area contributed by atoms with Gasteiger partial charge in [-0.1, -0.05) is 35.3 Å². The molecule has 28 heavy (non-hydrogen) atoms. The Hall–Kier alpha value is -2.30. The number of nitrogens with zero attached hydrogens (tertiary/aromatic N) is 2. The van der Waals surface area contributed by atoms with Crippen molar-refractivity contribution in [2.45, 2.75) is 19.8 Å². The fraction of sp³-hybridized carbons (Fsp3) is 0.273. The van der Waals surface area contributed by atoms with E-state index in [2.05, 4.69) is 15.2 Å². The third-order valence-corrected chi connectivity index (χ3v) is 6.14. The van der Waals surface area contributed by atoms with E-state index < -0.39 is 0 Å². The number of nitrogens with one attached hydrogen (secondary N) is 1. The third-order valence-electron chi connectivity index (χ3n) is 5.40. The molecular formula is C22H21Cl2N3O. The number of halogens is 2. The summed E-state index contributed by atoms with van der Waals surface area (Å²) in [5.74, 6) is 0.0768. The van der Waals surface area contributed by atoms with Gasteiger partial charge in [0.15, 0.2) is 0 Å². The molecule has 1 aliphatic rings. The number of aryl methyl sites for hydroxylation is 1. The zero-order chi connectivity index (χ0) is 19.7. The lowest BCUT2D eigenvalue weighted by Crippen LogP contribution is -2.38. The number of aromatic nitrogens is 1. The average molecular weight is 414 g/mol. The highest BCUT2D eigenvalue weighted by atomic mass is 35.5. The minimum atomic E-state index is -0.00258. The van der Waals surface area contributed by atoms with Crippen LogP contribution in [0, 0.1) is 12.8 Å². The van der Waals surface area contributed by atoms with Gasteiger partial charge in [-0.05, 0) is 50.1 Å². The molecule has 2 aromatic carbocycles. The van der Waals surface area contributed by atoms with E-state index in [1.165, 1.54) is 0 Å². The maximum absolute atomic E-state index is 12.9. The van der Waals surface area contributed by atoms with Crippen LogP contribution in [0.1, 0.15) is 18.5 Å². The first-order valence-electron chi connectivity index (χ1n) is 9.38. The van der Waals surface area contributed by atoms with Crippen molar-refractivity contribution in [1.29, 1.82) is 0 Å². The third kappa shape index (κ3) is 3.80. The molecule has 4 nitrogen and oxygen atoms in total. The molecule has 0 aliphatic carbocycles. The fourth-order valence-corrected chi connectivity index (χ4v) is 4.07. The predicted octanol–water partition coefficient (Wildman–Crippen LogP) is 5.71. The van der Waals surface area contributed by atoms with Gasteiger partial charge in [-0.2, -0.15) is 0 Å². The number of piperidine rings is 1. The van der Waals surface area contributed by atoms with Crippen molar-refractivity contribution in [2.24, 2.45) is 5.92 Å². The molecular weight excluding hydrogens is 393 g/mol. The molecule has 4 rings (SSSR count). The van der Waals surface area contributed by atoms with Crippen molar-refractivity contribution in [3.63, 3.8) is 0 Å². The number of amides is 1. The number of hydrogen-bond acceptors (Lipinski definition) is 3. The lowest BCUT2D eigenvalue weighted by molar-refractivity contribution is -0.120. The van der Waals surface area contributed by atoms with Gasteiger partial charge < -0.3 is 10.2 Å². The quantitative estimate of drug-likeness (QED) is 0.598. The van der Waals surface area contributed by atoms with Crippen molar-refractivity contribution in [1.82, 2.24) is 4.98 Å². The first kappa shape index (κ1) is 19.0. The smallest absolute Gasteiger partial charge is 0.227 e. The molecule has 6 heteroatoms. The largest absolute Gasteiger partial charge is 0.371 e. The maximum atomic E-state index is 12.9. The van der Waals surface area contributed by atoms with Crippen LogP contribution in [0.4, 0.5) is 11.4 Å². The van der Waals surface area contributed by atoms with Gasteiger partial charge in [-0.3, -0.25) is 9.78 Å². The number of fused-ring (bicyclic) bond motifs is 1. The summed E-state index contributed by atoms with van der Waals surface area (Å²) < 4.78 is 0. The molecule has 0 atom stereocenters. The summed E-state index contributed by atoms with van der Waals surface area (Å²) in [5.41, 5.74) is 2.86. The summed E-state index contributed by atoms with van der Waals surface area (Å²) in [6.45, 7) is 3.61. The van der Waals surface area contributed by atoms with Crippen LogP contribution in [0.2, 0.25) is 10.0 Å². The summed E-state index contributed by atoms with van der Waals surface area (Å²) >= 11 is 12.1. The van der Waals surface area contributed by atoms with Gasteiger partial charge in [0.25, 0.3) is 0 Å². The zero-order valence-electron chi connectivity index (χ0n) is 15.6. The minimum Gasteiger partial charge on any atom is -0.371 e. The molecule has 0 radical (unpaired) electrons.